The lowest BCUT2D eigenvalue weighted by atomic mass is 10.0. The summed E-state index contributed by atoms with van der Waals surface area (Å²) in [7, 11) is 1.57. The Morgan fingerprint density at radius 1 is 1.10 bits per heavy atom. The van der Waals surface area contributed by atoms with Crippen LogP contribution < -0.4 is 14.8 Å². The number of imidazole rings is 1. The number of hydrogen-bond donors (Lipinski definition) is 3. The first-order valence-corrected chi connectivity index (χ1v) is 13.1. The number of fused-ring (bicyclic) bond motifs is 1. The Labute approximate surface area is 230 Å². The Bertz CT molecular complexity index is 1680. The number of aromatic amines is 1. The molecule has 0 aliphatic carbocycles. The number of nitrogens with zero attached hydrogens (tertiary/aromatic N) is 2. The molecule has 202 valence electrons. The lowest BCUT2D eigenvalue weighted by Crippen LogP contribution is -2.18. The standard InChI is InChI=1S/C31H28N4O5/c1-38-31-22(7-4-14-32-31)19-11-13-27(36)23(16-19)29-33-24-12-10-20(17-26(24)34-29)30(37)35-25-8-2-3-9-28(25)40-18-21-6-5-15-39-21/h2-4,7-14,16-17,21,36H,5-6,15,18H2,1H3,(H,33,34)(H,35,37). The maximum absolute atomic E-state index is 13.2. The van der Waals surface area contributed by atoms with Crippen molar-refractivity contribution in [1.82, 2.24) is 15.0 Å². The second kappa shape index (κ2) is 11.1. The second-order valence-corrected chi connectivity index (χ2v) is 9.51. The normalized spacial score (nSPS) is 14.8. The van der Waals surface area contributed by atoms with E-state index in [0.29, 0.717) is 46.4 Å². The first kappa shape index (κ1) is 25.4. The summed E-state index contributed by atoms with van der Waals surface area (Å²) in [6.07, 6.45) is 3.74. The molecule has 3 heterocycles. The summed E-state index contributed by atoms with van der Waals surface area (Å²) in [5, 5.41) is 13.6. The van der Waals surface area contributed by atoms with Gasteiger partial charge in [0.25, 0.3) is 5.91 Å². The number of hydrogen-bond acceptors (Lipinski definition) is 7. The van der Waals surface area contributed by atoms with Crippen LogP contribution in [0, 0.1) is 0 Å². The van der Waals surface area contributed by atoms with Crippen LogP contribution in [0.5, 0.6) is 17.4 Å². The van der Waals surface area contributed by atoms with Crippen molar-refractivity contribution in [2.45, 2.75) is 18.9 Å². The van der Waals surface area contributed by atoms with Crippen LogP contribution >= 0.6 is 0 Å². The number of pyridine rings is 1. The lowest BCUT2D eigenvalue weighted by molar-refractivity contribution is 0.0682. The molecule has 1 unspecified atom stereocenters. The zero-order chi connectivity index (χ0) is 27.5. The minimum atomic E-state index is -0.284. The van der Waals surface area contributed by atoms with Gasteiger partial charge in [0.05, 0.1) is 35.5 Å². The molecule has 1 fully saturated rings. The van der Waals surface area contributed by atoms with Gasteiger partial charge in [0.15, 0.2) is 0 Å². The van der Waals surface area contributed by atoms with Crippen molar-refractivity contribution < 1.29 is 24.1 Å². The van der Waals surface area contributed by atoms with E-state index in [1.807, 2.05) is 36.4 Å². The molecule has 1 atom stereocenters. The van der Waals surface area contributed by atoms with Gasteiger partial charge in [0, 0.05) is 23.9 Å². The van der Waals surface area contributed by atoms with Crippen molar-refractivity contribution >= 4 is 22.6 Å². The van der Waals surface area contributed by atoms with Gasteiger partial charge >= 0.3 is 0 Å². The smallest absolute Gasteiger partial charge is 0.255 e. The summed E-state index contributed by atoms with van der Waals surface area (Å²) in [6.45, 7) is 1.20. The number of ether oxygens (including phenoxy) is 3. The number of nitrogens with one attached hydrogen (secondary N) is 2. The maximum atomic E-state index is 13.2. The van der Waals surface area contributed by atoms with E-state index < -0.39 is 0 Å². The molecule has 1 amide bonds. The molecule has 9 nitrogen and oxygen atoms in total. The number of aromatic nitrogens is 3. The molecule has 6 rings (SSSR count). The molecule has 9 heteroatoms. The zero-order valence-electron chi connectivity index (χ0n) is 21.9. The van der Waals surface area contributed by atoms with Gasteiger partial charge in [0.2, 0.25) is 5.88 Å². The van der Waals surface area contributed by atoms with Crippen LogP contribution in [0.4, 0.5) is 5.69 Å². The number of carbonyl (C=O) groups excluding carboxylic acids is 1. The van der Waals surface area contributed by atoms with Gasteiger partial charge in [-0.15, -0.1) is 0 Å². The van der Waals surface area contributed by atoms with Gasteiger partial charge in [-0.3, -0.25) is 4.79 Å². The summed E-state index contributed by atoms with van der Waals surface area (Å²) < 4.78 is 17.0. The number of para-hydroxylation sites is 2. The summed E-state index contributed by atoms with van der Waals surface area (Å²) in [6, 6.07) is 21.6. The Hall–Kier alpha value is -4.89. The van der Waals surface area contributed by atoms with Gasteiger partial charge in [0.1, 0.15) is 23.9 Å². The molecule has 5 aromatic rings. The van der Waals surface area contributed by atoms with Crippen molar-refractivity contribution in [1.29, 1.82) is 0 Å². The van der Waals surface area contributed by atoms with E-state index in [0.717, 1.165) is 36.1 Å². The molecule has 40 heavy (non-hydrogen) atoms. The fraction of sp³-hybridized carbons (Fsp3) is 0.194. The van der Waals surface area contributed by atoms with Crippen LogP contribution in [0.15, 0.2) is 79.0 Å². The van der Waals surface area contributed by atoms with Crippen LogP contribution in [0.1, 0.15) is 23.2 Å². The van der Waals surface area contributed by atoms with Crippen LogP contribution in [-0.4, -0.2) is 52.4 Å². The van der Waals surface area contributed by atoms with Crippen molar-refractivity contribution in [3.63, 3.8) is 0 Å². The maximum Gasteiger partial charge on any atom is 0.255 e. The Morgan fingerprint density at radius 3 is 2.85 bits per heavy atom. The van der Waals surface area contributed by atoms with E-state index in [9.17, 15) is 9.90 Å². The van der Waals surface area contributed by atoms with Gasteiger partial charge in [-0.05, 0) is 73.0 Å². The average molecular weight is 537 g/mol. The number of benzene rings is 3. The number of phenols is 1. The van der Waals surface area contributed by atoms with Crippen molar-refractivity contribution in [3.05, 3.63) is 84.6 Å². The minimum absolute atomic E-state index is 0.0724. The molecule has 0 radical (unpaired) electrons. The number of methoxy groups -OCH3 is 1. The molecular weight excluding hydrogens is 508 g/mol. The second-order valence-electron chi connectivity index (χ2n) is 9.51. The molecule has 0 saturated carbocycles. The number of carbonyl (C=O) groups is 1. The first-order valence-electron chi connectivity index (χ1n) is 13.1. The monoisotopic (exact) mass is 536 g/mol. The quantitative estimate of drug-likeness (QED) is 0.229. The van der Waals surface area contributed by atoms with E-state index >= 15 is 0 Å². The van der Waals surface area contributed by atoms with E-state index in [4.69, 9.17) is 14.2 Å². The zero-order valence-corrected chi connectivity index (χ0v) is 21.9. The number of rotatable bonds is 8. The topological polar surface area (TPSA) is 119 Å². The SMILES string of the molecule is COc1ncccc1-c1ccc(O)c(-c2nc3cc(C(=O)Nc4ccccc4OCC4CCCO4)ccc3[nH]2)c1. The molecule has 0 spiro atoms. The highest BCUT2D eigenvalue weighted by Crippen LogP contribution is 2.36. The van der Waals surface area contributed by atoms with E-state index in [1.54, 1.807) is 49.7 Å². The Balaban J connectivity index is 1.24. The Kier molecular flexibility index (Phi) is 7.03. The van der Waals surface area contributed by atoms with Crippen LogP contribution in [-0.2, 0) is 4.74 Å². The van der Waals surface area contributed by atoms with E-state index in [-0.39, 0.29) is 17.8 Å². The van der Waals surface area contributed by atoms with Crippen LogP contribution in [0.2, 0.25) is 0 Å². The number of anilines is 1. The Morgan fingerprint density at radius 2 is 2.00 bits per heavy atom. The van der Waals surface area contributed by atoms with Gasteiger partial charge in [-0.25, -0.2) is 9.97 Å². The number of phenolic OH excluding ortho intramolecular Hbond substituents is 1. The molecule has 1 aliphatic rings. The number of H-pyrrole nitrogens is 1. The predicted molar refractivity (Wildman–Crippen MR) is 152 cm³/mol. The van der Waals surface area contributed by atoms with Gasteiger partial charge < -0.3 is 29.6 Å². The van der Waals surface area contributed by atoms with Crippen molar-refractivity contribution in [3.8, 4) is 39.9 Å². The minimum Gasteiger partial charge on any atom is -0.507 e. The highest BCUT2D eigenvalue weighted by atomic mass is 16.5. The van der Waals surface area contributed by atoms with Gasteiger partial charge in [-0.2, -0.15) is 0 Å². The molecule has 1 aliphatic heterocycles. The molecule has 2 aromatic heterocycles. The van der Waals surface area contributed by atoms with Crippen LogP contribution in [0.3, 0.4) is 0 Å². The number of amides is 1. The fourth-order valence-corrected chi connectivity index (χ4v) is 4.79. The molecular formula is C31H28N4O5. The molecule has 0 bridgehead atoms. The highest BCUT2D eigenvalue weighted by molar-refractivity contribution is 6.06. The summed E-state index contributed by atoms with van der Waals surface area (Å²) in [4.78, 5) is 25.4. The summed E-state index contributed by atoms with van der Waals surface area (Å²) in [5.74, 6) is 1.34. The molecule has 3 N–H and O–H groups in total. The fourth-order valence-electron chi connectivity index (χ4n) is 4.79. The van der Waals surface area contributed by atoms with Crippen molar-refractivity contribution in [2.24, 2.45) is 0 Å². The summed E-state index contributed by atoms with van der Waals surface area (Å²) >= 11 is 0. The lowest BCUT2D eigenvalue weighted by Gasteiger charge is -2.15. The predicted octanol–water partition coefficient (Wildman–Crippen LogP) is 5.82. The average Bonchev–Trinajstić information content (AvgIpc) is 3.66. The third-order valence-corrected chi connectivity index (χ3v) is 6.86. The number of aromatic hydroxyl groups is 1. The third-order valence-electron chi connectivity index (χ3n) is 6.86. The van der Waals surface area contributed by atoms with E-state index in [1.165, 1.54) is 0 Å². The highest BCUT2D eigenvalue weighted by Gasteiger charge is 2.18. The largest absolute Gasteiger partial charge is 0.507 e. The van der Waals surface area contributed by atoms with Crippen molar-refractivity contribution in [2.75, 3.05) is 25.6 Å². The first-order chi connectivity index (χ1) is 19.6. The summed E-state index contributed by atoms with van der Waals surface area (Å²) in [5.41, 5.74) is 4.48. The van der Waals surface area contributed by atoms with Crippen LogP contribution in [0.25, 0.3) is 33.5 Å². The van der Waals surface area contributed by atoms with E-state index in [2.05, 4.69) is 20.3 Å². The molecule has 3 aromatic carbocycles. The molecule has 1 saturated heterocycles. The van der Waals surface area contributed by atoms with Gasteiger partial charge in [-0.1, -0.05) is 18.2 Å². The third kappa shape index (κ3) is 5.19.